The lowest BCUT2D eigenvalue weighted by Gasteiger charge is -2.20. The van der Waals surface area contributed by atoms with Crippen molar-refractivity contribution >= 4 is 19.7 Å². The highest BCUT2D eigenvalue weighted by Crippen LogP contribution is 2.27. The molecular formula is C16H18N2O5S2. The lowest BCUT2D eigenvalue weighted by atomic mass is 10.0. The Morgan fingerprint density at radius 1 is 0.920 bits per heavy atom. The molecule has 0 aliphatic heterocycles. The molecule has 0 atom stereocenters. The van der Waals surface area contributed by atoms with E-state index in [9.17, 15) is 22.0 Å². The molecule has 0 spiro atoms. The Balaban J connectivity index is 1.99. The number of rotatable bonds is 4. The van der Waals surface area contributed by atoms with Crippen LogP contribution in [0.2, 0.25) is 0 Å². The molecule has 1 aliphatic rings. The molecule has 0 radical (unpaired) electrons. The molecule has 1 heterocycles. The van der Waals surface area contributed by atoms with Crippen LogP contribution in [0, 0.1) is 5.21 Å². The zero-order valence-corrected chi connectivity index (χ0v) is 15.0. The van der Waals surface area contributed by atoms with E-state index in [-0.39, 0.29) is 9.74 Å². The summed E-state index contributed by atoms with van der Waals surface area (Å²) < 4.78 is 50.2. The van der Waals surface area contributed by atoms with Gasteiger partial charge in [-0.3, -0.25) is 0 Å². The van der Waals surface area contributed by atoms with Gasteiger partial charge in [0, 0.05) is 11.2 Å². The van der Waals surface area contributed by atoms with E-state index in [1.807, 2.05) is 0 Å². The van der Waals surface area contributed by atoms with E-state index in [2.05, 4.69) is 5.10 Å². The number of aromatic nitrogens is 2. The van der Waals surface area contributed by atoms with E-state index in [0.29, 0.717) is 12.8 Å². The molecule has 0 amide bonds. The Morgan fingerprint density at radius 2 is 1.56 bits per heavy atom. The van der Waals surface area contributed by atoms with Gasteiger partial charge in [-0.15, -0.1) is 0 Å². The van der Waals surface area contributed by atoms with Crippen molar-refractivity contribution in [1.82, 2.24) is 5.10 Å². The van der Waals surface area contributed by atoms with Crippen LogP contribution in [0.5, 0.6) is 0 Å². The molecule has 0 unspecified atom stereocenters. The average Bonchev–Trinajstić information content (AvgIpc) is 2.63. The molecule has 1 fully saturated rings. The molecule has 1 aromatic heterocycles. The number of benzene rings is 1. The van der Waals surface area contributed by atoms with E-state index in [1.165, 1.54) is 12.1 Å². The van der Waals surface area contributed by atoms with Crippen LogP contribution in [0.25, 0.3) is 0 Å². The molecule has 0 saturated heterocycles. The topological polar surface area (TPSA) is 108 Å². The number of sulfone groups is 2. The molecule has 1 aliphatic carbocycles. The summed E-state index contributed by atoms with van der Waals surface area (Å²) in [7, 11) is -7.80. The van der Waals surface area contributed by atoms with E-state index in [0.717, 1.165) is 31.4 Å². The SMILES string of the molecule is O=S(=O)(c1ccccc1)c1ccc(S(=O)(=O)C2CCCCC2)[n+]([O-])n1. The molecule has 3 rings (SSSR count). The Kier molecular flexibility index (Phi) is 4.79. The van der Waals surface area contributed by atoms with E-state index >= 15 is 0 Å². The normalized spacial score (nSPS) is 16.6. The fourth-order valence-corrected chi connectivity index (χ4v) is 5.99. The van der Waals surface area contributed by atoms with Crippen molar-refractivity contribution in [1.29, 1.82) is 0 Å². The third-order valence-electron chi connectivity index (χ3n) is 4.36. The van der Waals surface area contributed by atoms with Gasteiger partial charge in [-0.1, -0.05) is 37.5 Å². The summed E-state index contributed by atoms with van der Waals surface area (Å²) in [5, 5.41) is 14.1. The Morgan fingerprint density at radius 3 is 2.16 bits per heavy atom. The van der Waals surface area contributed by atoms with Crippen LogP contribution in [0.15, 0.2) is 57.4 Å². The van der Waals surface area contributed by atoms with Gasteiger partial charge in [0.25, 0.3) is 0 Å². The highest BCUT2D eigenvalue weighted by Gasteiger charge is 2.36. The fourth-order valence-electron chi connectivity index (χ4n) is 2.99. The Bertz CT molecular complexity index is 967. The Hall–Kier alpha value is -2.00. The predicted molar refractivity (Wildman–Crippen MR) is 89.1 cm³/mol. The van der Waals surface area contributed by atoms with E-state index < -0.39 is 35.0 Å². The van der Waals surface area contributed by atoms with Crippen molar-refractivity contribution in [3.05, 3.63) is 47.7 Å². The van der Waals surface area contributed by atoms with E-state index in [4.69, 9.17) is 0 Å². The standard InChI is InChI=1S/C16H18N2O5S2/c19-18-16(25(22,23)14-9-5-2-6-10-14)12-11-15(17-18)24(20,21)13-7-3-1-4-8-13/h1,3-4,7-8,11-12,14H,2,5-6,9-10H2. The molecule has 134 valence electrons. The maximum absolute atomic E-state index is 12.6. The first-order valence-electron chi connectivity index (χ1n) is 7.98. The first-order chi connectivity index (χ1) is 11.8. The zero-order chi connectivity index (χ0) is 18.1. The van der Waals surface area contributed by atoms with Crippen LogP contribution in [0.3, 0.4) is 0 Å². The van der Waals surface area contributed by atoms with Crippen LogP contribution < -0.4 is 4.85 Å². The molecule has 25 heavy (non-hydrogen) atoms. The van der Waals surface area contributed by atoms with Gasteiger partial charge >= 0.3 is 5.03 Å². The van der Waals surface area contributed by atoms with Crippen LogP contribution in [-0.2, 0) is 19.7 Å². The van der Waals surface area contributed by atoms with Crippen LogP contribution in [0.4, 0.5) is 0 Å². The summed E-state index contributed by atoms with van der Waals surface area (Å²) in [6, 6.07) is 9.67. The summed E-state index contributed by atoms with van der Waals surface area (Å²) in [5.74, 6) is 0. The second kappa shape index (κ2) is 6.72. The van der Waals surface area contributed by atoms with Crippen molar-refractivity contribution in [2.24, 2.45) is 0 Å². The maximum Gasteiger partial charge on any atom is 0.335 e. The third kappa shape index (κ3) is 3.38. The third-order valence-corrected chi connectivity index (χ3v) is 8.24. The largest absolute Gasteiger partial charge is 0.593 e. The van der Waals surface area contributed by atoms with Crippen molar-refractivity contribution in [2.75, 3.05) is 0 Å². The van der Waals surface area contributed by atoms with Crippen LogP contribution in [-0.4, -0.2) is 27.2 Å². The van der Waals surface area contributed by atoms with Crippen molar-refractivity contribution < 1.29 is 21.7 Å². The average molecular weight is 382 g/mol. The van der Waals surface area contributed by atoms with Gasteiger partial charge in [0.1, 0.15) is 0 Å². The van der Waals surface area contributed by atoms with Gasteiger partial charge in [-0.2, -0.15) is 0 Å². The fraction of sp³-hybridized carbons (Fsp3) is 0.375. The van der Waals surface area contributed by atoms with Crippen LogP contribution >= 0.6 is 0 Å². The lowest BCUT2D eigenvalue weighted by Crippen LogP contribution is -2.42. The maximum atomic E-state index is 12.6. The van der Waals surface area contributed by atoms with Crippen molar-refractivity contribution in [2.45, 2.75) is 52.3 Å². The highest BCUT2D eigenvalue weighted by atomic mass is 32.2. The summed E-state index contributed by atoms with van der Waals surface area (Å²) >= 11 is 0. The second-order valence-corrected chi connectivity index (χ2v) is 10.1. The van der Waals surface area contributed by atoms with Gasteiger partial charge in [-0.05, 0) is 35.9 Å². The quantitative estimate of drug-likeness (QED) is 0.588. The lowest BCUT2D eigenvalue weighted by molar-refractivity contribution is -0.711. The minimum Gasteiger partial charge on any atom is -0.593 e. The van der Waals surface area contributed by atoms with Gasteiger partial charge in [-0.25, -0.2) is 16.8 Å². The van der Waals surface area contributed by atoms with Gasteiger partial charge in [0.2, 0.25) is 24.7 Å². The summed E-state index contributed by atoms with van der Waals surface area (Å²) in [6.45, 7) is 0. The zero-order valence-electron chi connectivity index (χ0n) is 13.4. The minimum atomic E-state index is -3.98. The number of nitrogens with zero attached hydrogens (tertiary/aromatic N) is 2. The molecule has 0 bridgehead atoms. The summed E-state index contributed by atoms with van der Waals surface area (Å²) in [6.07, 6.45) is 3.60. The van der Waals surface area contributed by atoms with Crippen molar-refractivity contribution in [3.8, 4) is 0 Å². The molecule has 7 nitrogen and oxygen atoms in total. The predicted octanol–water partition coefficient (Wildman–Crippen LogP) is 1.65. The molecule has 9 heteroatoms. The molecule has 1 aromatic carbocycles. The monoisotopic (exact) mass is 382 g/mol. The van der Waals surface area contributed by atoms with Gasteiger partial charge < -0.3 is 5.21 Å². The van der Waals surface area contributed by atoms with E-state index in [1.54, 1.807) is 18.2 Å². The van der Waals surface area contributed by atoms with Crippen molar-refractivity contribution in [3.63, 3.8) is 0 Å². The van der Waals surface area contributed by atoms with Gasteiger partial charge in [0.15, 0.2) is 0 Å². The van der Waals surface area contributed by atoms with Gasteiger partial charge in [0.05, 0.1) is 10.1 Å². The smallest absolute Gasteiger partial charge is 0.335 e. The summed E-state index contributed by atoms with van der Waals surface area (Å²) in [5.41, 5.74) is 0. The first kappa shape index (κ1) is 17.8. The molecule has 0 N–H and O–H groups in total. The highest BCUT2D eigenvalue weighted by molar-refractivity contribution is 7.92. The molecular weight excluding hydrogens is 364 g/mol. The minimum absolute atomic E-state index is 0.00890. The Labute approximate surface area is 146 Å². The van der Waals surface area contributed by atoms with Crippen LogP contribution in [0.1, 0.15) is 32.1 Å². The first-order valence-corrected chi connectivity index (χ1v) is 11.0. The number of hydrogen-bond donors (Lipinski definition) is 0. The summed E-state index contributed by atoms with van der Waals surface area (Å²) in [4.78, 5) is -0.0925. The number of hydrogen-bond acceptors (Lipinski definition) is 6. The molecule has 1 saturated carbocycles. The molecule has 2 aromatic rings. The second-order valence-electron chi connectivity index (χ2n) is 6.00.